The number of para-hydroxylation sites is 2. The van der Waals surface area contributed by atoms with Gasteiger partial charge in [0.1, 0.15) is 0 Å². The van der Waals surface area contributed by atoms with E-state index in [1.807, 2.05) is 0 Å². The van der Waals surface area contributed by atoms with Crippen molar-refractivity contribution in [1.29, 1.82) is 0 Å². The van der Waals surface area contributed by atoms with Gasteiger partial charge in [0.15, 0.2) is 0 Å². The second kappa shape index (κ2) is 24.0. The van der Waals surface area contributed by atoms with Gasteiger partial charge in [0.25, 0.3) is 0 Å². The van der Waals surface area contributed by atoms with Gasteiger partial charge in [-0.25, -0.2) is 19.9 Å². The van der Waals surface area contributed by atoms with Crippen LogP contribution in [-0.4, -0.2) is 19.9 Å². The van der Waals surface area contributed by atoms with E-state index in [0.717, 1.165) is 87.9 Å². The second-order valence-corrected chi connectivity index (χ2v) is 27.5. The highest BCUT2D eigenvalue weighted by atomic mass is 14.8. The normalized spacial score (nSPS) is 11.8. The Morgan fingerprint density at radius 3 is 0.885 bits per heavy atom. The first kappa shape index (κ1) is 59.1. The maximum absolute atomic E-state index is 5.32. The number of hydrogen-bond donors (Lipinski definition) is 0. The van der Waals surface area contributed by atoms with E-state index < -0.39 is 0 Å². The highest BCUT2D eigenvalue weighted by Crippen LogP contribution is 2.44. The molecule has 0 radical (unpaired) electrons. The molecule has 0 N–H and O–H groups in total. The number of hydrogen-bond acceptors (Lipinski definition) is 4. The zero-order chi connectivity index (χ0) is 68.3. The van der Waals surface area contributed by atoms with Gasteiger partial charge < -0.3 is 0 Å². The second-order valence-electron chi connectivity index (χ2n) is 27.5. The molecule has 4 heteroatoms. The van der Waals surface area contributed by atoms with Crippen molar-refractivity contribution >= 4 is 152 Å². The molecular formula is C100H60N4. The lowest BCUT2D eigenvalue weighted by atomic mass is 9.91. The fourth-order valence-electron chi connectivity index (χ4n) is 16.6. The Kier molecular flexibility index (Phi) is 13.6. The molecule has 0 spiro atoms. The van der Waals surface area contributed by atoms with E-state index in [4.69, 9.17) is 19.9 Å². The SMILES string of the molecule is c1ccc(-c2c3ccccc3nc3c2ccc2ccc(-c4ccc5cc6cc(-c7ccc8c9ccccc9c9ccccc9c8c7)ccc6cc5c4)nc23)cc1.c1ccc(-c2c3ccccc3nc3c2ccc2ccc(-c4cccc(-c5ccc6c7ccccc7c7ccccc7c6c5)c4)nc23)cc1. The Bertz CT molecular complexity index is 7280. The third-order valence-electron chi connectivity index (χ3n) is 21.6. The fourth-order valence-corrected chi connectivity index (χ4v) is 16.6. The summed E-state index contributed by atoms with van der Waals surface area (Å²) in [5.41, 5.74) is 19.3. The molecular weight excluding hydrogens is 1260 g/mol. The zero-order valence-corrected chi connectivity index (χ0v) is 56.4. The van der Waals surface area contributed by atoms with Crippen molar-refractivity contribution in [2.24, 2.45) is 0 Å². The van der Waals surface area contributed by atoms with Gasteiger partial charge in [-0.3, -0.25) is 0 Å². The smallest absolute Gasteiger partial charge is 0.0978 e. The highest BCUT2D eigenvalue weighted by molar-refractivity contribution is 6.28. The van der Waals surface area contributed by atoms with Crippen LogP contribution in [0.4, 0.5) is 0 Å². The molecule has 0 unspecified atom stereocenters. The molecule has 4 heterocycles. The minimum atomic E-state index is 0.919. The van der Waals surface area contributed by atoms with Gasteiger partial charge in [-0.05, 0) is 186 Å². The van der Waals surface area contributed by atoms with Gasteiger partial charge in [-0.15, -0.1) is 0 Å². The van der Waals surface area contributed by atoms with Crippen LogP contribution in [-0.2, 0) is 0 Å². The van der Waals surface area contributed by atoms with Gasteiger partial charge >= 0.3 is 0 Å². The summed E-state index contributed by atoms with van der Waals surface area (Å²) in [7, 11) is 0. The molecule has 0 aliphatic carbocycles. The summed E-state index contributed by atoms with van der Waals surface area (Å²) in [6.45, 7) is 0. The van der Waals surface area contributed by atoms with Gasteiger partial charge in [0.2, 0.25) is 0 Å². The van der Waals surface area contributed by atoms with Crippen LogP contribution in [0.2, 0.25) is 0 Å². The maximum atomic E-state index is 5.32. The van der Waals surface area contributed by atoms with E-state index in [-0.39, 0.29) is 0 Å². The number of nitrogens with zero attached hydrogens (tertiary/aromatic N) is 4. The van der Waals surface area contributed by atoms with Crippen molar-refractivity contribution in [2.75, 3.05) is 0 Å². The molecule has 0 bridgehead atoms. The summed E-state index contributed by atoms with van der Waals surface area (Å²) >= 11 is 0. The van der Waals surface area contributed by atoms with Gasteiger partial charge in [0, 0.05) is 54.6 Å². The molecule has 0 amide bonds. The fraction of sp³-hybridized carbons (Fsp3) is 0. The molecule has 0 aliphatic heterocycles. The van der Waals surface area contributed by atoms with E-state index in [0.29, 0.717) is 0 Å². The average molecular weight is 1320 g/mol. The molecule has 0 atom stereocenters. The van der Waals surface area contributed by atoms with E-state index in [9.17, 15) is 0 Å². The quantitative estimate of drug-likeness (QED) is 0.123. The monoisotopic (exact) mass is 1320 g/mol. The predicted molar refractivity (Wildman–Crippen MR) is 442 cm³/mol. The number of fused-ring (bicyclic) bond motifs is 22. The maximum Gasteiger partial charge on any atom is 0.0978 e. The molecule has 0 saturated carbocycles. The van der Waals surface area contributed by atoms with Crippen molar-refractivity contribution < 1.29 is 0 Å². The Morgan fingerprint density at radius 2 is 0.433 bits per heavy atom. The minimum Gasteiger partial charge on any atom is -0.245 e. The van der Waals surface area contributed by atoms with Crippen molar-refractivity contribution in [3.63, 3.8) is 0 Å². The van der Waals surface area contributed by atoms with Crippen LogP contribution >= 0.6 is 0 Å². The largest absolute Gasteiger partial charge is 0.245 e. The molecule has 480 valence electrons. The number of pyridine rings is 4. The molecule has 22 rings (SSSR count). The van der Waals surface area contributed by atoms with Crippen LogP contribution in [0.5, 0.6) is 0 Å². The van der Waals surface area contributed by atoms with E-state index >= 15 is 0 Å². The molecule has 0 saturated heterocycles. The summed E-state index contributed by atoms with van der Waals surface area (Å²) in [5.74, 6) is 0. The Morgan fingerprint density at radius 1 is 0.135 bits per heavy atom. The first-order valence-corrected chi connectivity index (χ1v) is 35.6. The summed E-state index contributed by atoms with van der Waals surface area (Å²) in [6, 6.07) is 131. The number of rotatable bonds is 6. The van der Waals surface area contributed by atoms with E-state index in [2.05, 4.69) is 364 Å². The summed E-state index contributed by atoms with van der Waals surface area (Å²) in [5, 5.41) is 27.0. The van der Waals surface area contributed by atoms with Crippen molar-refractivity contribution in [3.05, 3.63) is 364 Å². The van der Waals surface area contributed by atoms with Crippen molar-refractivity contribution in [3.8, 4) is 67.0 Å². The lowest BCUT2D eigenvalue weighted by molar-refractivity contribution is 1.39. The first-order chi connectivity index (χ1) is 51.5. The van der Waals surface area contributed by atoms with Crippen LogP contribution in [0.15, 0.2) is 364 Å². The standard InChI is InChI=1S/C54H32N2.C46H28N2/c1-2-10-33(11-3-1)52-47-16-8-9-17-51(47)56-54-48(52)26-22-34-24-27-50(55-53(34)54)39-21-20-37-29-40-28-35(18-19-36(40)30-41(37)31-39)38-23-25-46-44-14-5-4-12-42(44)43-13-6-7-15-45(43)49(46)32-38;1-2-11-29(12-3-1)44-39-19-8-9-20-43(39)48-46-40(44)25-21-30-23-26-42(47-45(30)46)33-14-10-13-31(27-33)32-22-24-38-36-17-5-4-15-34(36)35-16-6-7-18-37(35)41(38)28-32/h1-32H;1-28H. The summed E-state index contributed by atoms with van der Waals surface area (Å²) in [6.07, 6.45) is 0. The Balaban J connectivity index is 0.000000136. The first-order valence-electron chi connectivity index (χ1n) is 35.6. The van der Waals surface area contributed by atoms with E-state index in [1.165, 1.54) is 131 Å². The van der Waals surface area contributed by atoms with Crippen LogP contribution < -0.4 is 0 Å². The number of benzene rings is 18. The third kappa shape index (κ3) is 9.76. The van der Waals surface area contributed by atoms with Crippen LogP contribution in [0.25, 0.3) is 219 Å². The van der Waals surface area contributed by atoms with E-state index in [1.54, 1.807) is 0 Å². The molecule has 18 aromatic carbocycles. The summed E-state index contributed by atoms with van der Waals surface area (Å²) in [4.78, 5) is 21.1. The van der Waals surface area contributed by atoms with Crippen molar-refractivity contribution in [2.45, 2.75) is 0 Å². The van der Waals surface area contributed by atoms with Gasteiger partial charge in [-0.1, -0.05) is 297 Å². The van der Waals surface area contributed by atoms with Crippen LogP contribution in [0.1, 0.15) is 0 Å². The zero-order valence-electron chi connectivity index (χ0n) is 56.4. The van der Waals surface area contributed by atoms with Crippen molar-refractivity contribution in [1.82, 2.24) is 19.9 Å². The minimum absolute atomic E-state index is 0.919. The molecule has 0 aliphatic rings. The van der Waals surface area contributed by atoms with Gasteiger partial charge in [-0.2, -0.15) is 0 Å². The molecule has 104 heavy (non-hydrogen) atoms. The highest BCUT2D eigenvalue weighted by Gasteiger charge is 2.19. The topological polar surface area (TPSA) is 51.6 Å². The lowest BCUT2D eigenvalue weighted by Gasteiger charge is -2.14. The van der Waals surface area contributed by atoms with Crippen LogP contribution in [0.3, 0.4) is 0 Å². The third-order valence-corrected chi connectivity index (χ3v) is 21.6. The molecule has 4 aromatic heterocycles. The molecule has 4 nitrogen and oxygen atoms in total. The predicted octanol–water partition coefficient (Wildman–Crippen LogP) is 27.1. The summed E-state index contributed by atoms with van der Waals surface area (Å²) < 4.78 is 0. The molecule has 0 fully saturated rings. The molecule has 22 aromatic rings. The average Bonchev–Trinajstić information content (AvgIpc) is 0.724. The Labute approximate surface area is 598 Å². The lowest BCUT2D eigenvalue weighted by Crippen LogP contribution is -1.93. The number of aromatic nitrogens is 4. The van der Waals surface area contributed by atoms with Gasteiger partial charge in [0.05, 0.1) is 44.5 Å². The Hall–Kier alpha value is -13.8. The van der Waals surface area contributed by atoms with Crippen LogP contribution in [0, 0.1) is 0 Å².